The molecule has 41 heavy (non-hydrogen) atoms. The molecule has 2 heterocycles. The maximum absolute atomic E-state index is 15.1. The van der Waals surface area contributed by atoms with Gasteiger partial charge in [0, 0.05) is 30.6 Å². The van der Waals surface area contributed by atoms with Gasteiger partial charge in [-0.2, -0.15) is 0 Å². The molecule has 0 radical (unpaired) electrons. The lowest BCUT2D eigenvalue weighted by molar-refractivity contribution is 0.00624. The van der Waals surface area contributed by atoms with Gasteiger partial charge < -0.3 is 24.6 Å². The fourth-order valence-electron chi connectivity index (χ4n) is 4.51. The second-order valence-corrected chi connectivity index (χ2v) is 19.3. The summed E-state index contributed by atoms with van der Waals surface area (Å²) in [6, 6.07) is 1.28. The van der Waals surface area contributed by atoms with E-state index in [0.717, 1.165) is 6.21 Å². The number of carbonyl (C=O) groups is 1. The van der Waals surface area contributed by atoms with Crippen molar-refractivity contribution in [3.8, 4) is 0 Å². The van der Waals surface area contributed by atoms with Crippen molar-refractivity contribution in [1.29, 1.82) is 0 Å². The fraction of sp³-hybridized carbons (Fsp3) is 0.607. The Morgan fingerprint density at radius 1 is 1.32 bits per heavy atom. The predicted octanol–water partition coefficient (Wildman–Crippen LogP) is 8.84. The van der Waals surface area contributed by atoms with Gasteiger partial charge in [-0.05, 0) is 80.2 Å². The highest BCUT2D eigenvalue weighted by Gasteiger charge is 2.39. The number of amides is 1. The second kappa shape index (κ2) is 12.9. The van der Waals surface area contributed by atoms with E-state index in [1.807, 2.05) is 20.8 Å². The first-order valence-corrected chi connectivity index (χ1v) is 18.1. The van der Waals surface area contributed by atoms with Gasteiger partial charge in [0.15, 0.2) is 14.1 Å². The number of fused-ring (bicyclic) bond motifs is 1. The first-order valence-electron chi connectivity index (χ1n) is 13.6. The highest BCUT2D eigenvalue weighted by Crippen LogP contribution is 2.40. The summed E-state index contributed by atoms with van der Waals surface area (Å²) in [5.74, 6) is -0.648. The summed E-state index contributed by atoms with van der Waals surface area (Å²) < 4.78 is 27.4. The van der Waals surface area contributed by atoms with Gasteiger partial charge in [-0.1, -0.05) is 49.1 Å². The number of likely N-dealkylation sites (tertiary alicyclic amines) is 1. The number of hydrogen-bond donors (Lipinski definition) is 2. The minimum absolute atomic E-state index is 0.0226. The van der Waals surface area contributed by atoms with Crippen molar-refractivity contribution in [2.24, 2.45) is 5.16 Å². The van der Waals surface area contributed by atoms with E-state index < -0.39 is 19.7 Å². The SMILES string of the molecule is CC(C)(C)OC(=O)N1CC[C@H](Nc2c(/C=N/O)c(Cl)nc3c(F)c(Br)c(Cl)cc23)C[C@H]1CCO[Si](C)(C)C(C)(C)C. The summed E-state index contributed by atoms with van der Waals surface area (Å²) in [5.41, 5.74) is 0.135. The number of hydrogen-bond acceptors (Lipinski definition) is 7. The minimum Gasteiger partial charge on any atom is -0.444 e. The lowest BCUT2D eigenvalue weighted by atomic mass is 9.94. The second-order valence-electron chi connectivity index (χ2n) is 12.9. The van der Waals surface area contributed by atoms with Gasteiger partial charge >= 0.3 is 6.09 Å². The summed E-state index contributed by atoms with van der Waals surface area (Å²) in [6.45, 7) is 17.5. The van der Waals surface area contributed by atoms with Crippen LogP contribution in [0, 0.1) is 5.82 Å². The standard InChI is InChI=1S/C28H40BrCl2FN4O4Si/c1-27(2,3)40-26(37)36-11-9-16(13-17(36)10-12-39-41(7,8)28(4,5)6)34-23-18-14-20(30)21(29)22(32)24(18)35-25(31)19(23)15-33-38/h14-17,38H,9-13H2,1-8H3,(H,34,35)/b33-15+/t16-,17+/m0/s1. The molecule has 0 aliphatic carbocycles. The van der Waals surface area contributed by atoms with Gasteiger partial charge in [-0.3, -0.25) is 0 Å². The molecule has 228 valence electrons. The first kappa shape index (κ1) is 33.8. The number of rotatable bonds is 7. The zero-order chi connectivity index (χ0) is 30.9. The number of nitrogens with zero attached hydrogens (tertiary/aromatic N) is 3. The number of halogens is 4. The lowest BCUT2D eigenvalue weighted by Gasteiger charge is -2.42. The summed E-state index contributed by atoms with van der Waals surface area (Å²) in [5, 5.41) is 16.5. The molecule has 2 N–H and O–H groups in total. The third kappa shape index (κ3) is 8.04. The quantitative estimate of drug-likeness (QED) is 0.0751. The molecule has 1 aromatic heterocycles. The highest BCUT2D eigenvalue weighted by atomic mass is 79.9. The van der Waals surface area contributed by atoms with E-state index >= 15 is 4.39 Å². The van der Waals surface area contributed by atoms with Crippen LogP contribution in [0.4, 0.5) is 14.9 Å². The number of nitrogens with one attached hydrogen (secondary N) is 1. The van der Waals surface area contributed by atoms with Crippen molar-refractivity contribution >= 4 is 76.3 Å². The predicted molar refractivity (Wildman–Crippen MR) is 170 cm³/mol. The van der Waals surface area contributed by atoms with Gasteiger partial charge in [-0.15, -0.1) is 0 Å². The van der Waals surface area contributed by atoms with E-state index in [0.29, 0.717) is 49.1 Å². The lowest BCUT2D eigenvalue weighted by Crippen LogP contribution is -2.51. The molecule has 0 spiro atoms. The van der Waals surface area contributed by atoms with Crippen molar-refractivity contribution in [1.82, 2.24) is 9.88 Å². The Kier molecular flexibility index (Phi) is 10.7. The van der Waals surface area contributed by atoms with Gasteiger partial charge in [0.2, 0.25) is 0 Å². The van der Waals surface area contributed by atoms with E-state index in [1.165, 1.54) is 0 Å². The summed E-state index contributed by atoms with van der Waals surface area (Å²) in [6.07, 6.45) is 2.58. The van der Waals surface area contributed by atoms with Crippen LogP contribution in [0.2, 0.25) is 28.3 Å². The van der Waals surface area contributed by atoms with Crippen molar-refractivity contribution in [3.05, 3.63) is 32.1 Å². The van der Waals surface area contributed by atoms with E-state index in [2.05, 4.69) is 65.3 Å². The Morgan fingerprint density at radius 2 is 1.98 bits per heavy atom. The Labute approximate surface area is 261 Å². The molecule has 13 heteroatoms. The van der Waals surface area contributed by atoms with Crippen LogP contribution in [0.15, 0.2) is 15.7 Å². The topological polar surface area (TPSA) is 96.3 Å². The summed E-state index contributed by atoms with van der Waals surface area (Å²) in [7, 11) is -1.99. The van der Waals surface area contributed by atoms with Crippen LogP contribution in [0.3, 0.4) is 0 Å². The van der Waals surface area contributed by atoms with Crippen LogP contribution < -0.4 is 5.32 Å². The van der Waals surface area contributed by atoms with Crippen LogP contribution in [0.5, 0.6) is 0 Å². The van der Waals surface area contributed by atoms with Crippen LogP contribution in [0.1, 0.15) is 66.4 Å². The summed E-state index contributed by atoms with van der Waals surface area (Å²) >= 11 is 15.9. The van der Waals surface area contributed by atoms with Crippen LogP contribution in [-0.4, -0.2) is 66.6 Å². The first-order chi connectivity index (χ1) is 18.9. The number of ether oxygens (including phenoxy) is 1. The Hall–Kier alpha value is -1.66. The van der Waals surface area contributed by atoms with Crippen LogP contribution in [-0.2, 0) is 9.16 Å². The number of piperidine rings is 1. The molecule has 0 saturated carbocycles. The van der Waals surface area contributed by atoms with Crippen LogP contribution >= 0.6 is 39.1 Å². The van der Waals surface area contributed by atoms with Crippen molar-refractivity contribution in [2.75, 3.05) is 18.5 Å². The van der Waals surface area contributed by atoms with Crippen LogP contribution in [0.25, 0.3) is 10.9 Å². The fourth-order valence-corrected chi connectivity index (χ4v) is 6.29. The molecule has 2 atom stereocenters. The number of carbonyl (C=O) groups excluding carboxylic acids is 1. The smallest absolute Gasteiger partial charge is 0.410 e. The zero-order valence-electron chi connectivity index (χ0n) is 24.9. The van der Waals surface area contributed by atoms with Gasteiger partial charge in [-0.25, -0.2) is 14.2 Å². The molecule has 1 aliphatic rings. The Morgan fingerprint density at radius 3 is 2.56 bits per heavy atom. The minimum atomic E-state index is -1.99. The maximum Gasteiger partial charge on any atom is 0.410 e. The van der Waals surface area contributed by atoms with Crippen molar-refractivity contribution < 1.29 is 23.6 Å². The average Bonchev–Trinajstić information content (AvgIpc) is 2.84. The maximum atomic E-state index is 15.1. The van der Waals surface area contributed by atoms with Gasteiger partial charge in [0.05, 0.1) is 27.0 Å². The number of anilines is 1. The monoisotopic (exact) mass is 692 g/mol. The highest BCUT2D eigenvalue weighted by molar-refractivity contribution is 9.10. The molecule has 1 aromatic carbocycles. The molecule has 8 nitrogen and oxygen atoms in total. The van der Waals surface area contributed by atoms with E-state index in [9.17, 15) is 10.0 Å². The molecular formula is C28H40BrCl2FN4O4Si. The van der Waals surface area contributed by atoms with Crippen molar-refractivity contribution in [3.63, 3.8) is 0 Å². The number of pyridine rings is 1. The Bertz CT molecular complexity index is 1320. The molecular weight excluding hydrogens is 654 g/mol. The van der Waals surface area contributed by atoms with Gasteiger partial charge in [0.1, 0.15) is 16.3 Å². The zero-order valence-corrected chi connectivity index (χ0v) is 29.0. The molecule has 1 aliphatic heterocycles. The average molecular weight is 695 g/mol. The molecule has 1 saturated heterocycles. The van der Waals surface area contributed by atoms with Gasteiger partial charge in [0.25, 0.3) is 0 Å². The summed E-state index contributed by atoms with van der Waals surface area (Å²) in [4.78, 5) is 19.2. The third-order valence-corrected chi connectivity index (χ3v) is 13.8. The number of benzene rings is 1. The largest absolute Gasteiger partial charge is 0.444 e. The normalized spacial score (nSPS) is 18.8. The molecule has 1 fully saturated rings. The molecule has 1 amide bonds. The number of oxime groups is 1. The molecule has 0 unspecified atom stereocenters. The van der Waals surface area contributed by atoms with E-state index in [1.54, 1.807) is 11.0 Å². The van der Waals surface area contributed by atoms with E-state index in [-0.39, 0.29) is 43.4 Å². The van der Waals surface area contributed by atoms with Crippen molar-refractivity contribution in [2.45, 2.75) is 96.6 Å². The third-order valence-electron chi connectivity index (χ3n) is 7.71. The molecule has 3 rings (SSSR count). The molecule has 0 bridgehead atoms. The van der Waals surface area contributed by atoms with E-state index in [4.69, 9.17) is 32.4 Å². The molecule has 2 aromatic rings. The Balaban J connectivity index is 1.95. The number of aromatic nitrogens is 1.